The molecule has 0 saturated heterocycles. The summed E-state index contributed by atoms with van der Waals surface area (Å²) in [5.41, 5.74) is 0. The van der Waals surface area contributed by atoms with Gasteiger partial charge in [0.25, 0.3) is 0 Å². The van der Waals surface area contributed by atoms with Crippen LogP contribution in [0.15, 0.2) is 35.1 Å². The Morgan fingerprint density at radius 3 is 3.00 bits per heavy atom. The average molecular weight is 211 g/mol. The van der Waals surface area contributed by atoms with Gasteiger partial charge < -0.3 is 9.26 Å². The van der Waals surface area contributed by atoms with Crippen LogP contribution < -0.4 is 4.74 Å². The van der Waals surface area contributed by atoms with Gasteiger partial charge in [0.05, 0.1) is 6.20 Å². The first-order valence-electron chi connectivity index (χ1n) is 3.99. The lowest BCUT2D eigenvalue weighted by Crippen LogP contribution is -1.94. The van der Waals surface area contributed by atoms with Gasteiger partial charge in [0.2, 0.25) is 0 Å². The SMILES string of the molecule is Clc1ncccc1OCc1ccno1. The first-order chi connectivity index (χ1) is 6.86. The van der Waals surface area contributed by atoms with Crippen molar-refractivity contribution in [3.63, 3.8) is 0 Å². The molecular formula is C9H7ClN2O2. The topological polar surface area (TPSA) is 48.2 Å². The third-order valence-electron chi connectivity index (χ3n) is 1.59. The van der Waals surface area contributed by atoms with Gasteiger partial charge in [-0.3, -0.25) is 0 Å². The number of halogens is 1. The predicted molar refractivity (Wildman–Crippen MR) is 50.1 cm³/mol. The van der Waals surface area contributed by atoms with Crippen LogP contribution in [0.2, 0.25) is 5.15 Å². The second-order valence-corrected chi connectivity index (χ2v) is 2.92. The summed E-state index contributed by atoms with van der Waals surface area (Å²) >= 11 is 5.78. The van der Waals surface area contributed by atoms with Crippen LogP contribution in [0.25, 0.3) is 0 Å². The Balaban J connectivity index is 2.02. The molecule has 0 bridgehead atoms. The van der Waals surface area contributed by atoms with Crippen molar-refractivity contribution in [3.8, 4) is 5.75 Å². The standard InChI is InChI=1S/C9H7ClN2O2/c10-9-8(2-1-4-11-9)13-6-7-3-5-12-14-7/h1-5H,6H2. The van der Waals surface area contributed by atoms with E-state index < -0.39 is 0 Å². The fourth-order valence-electron chi connectivity index (χ4n) is 0.944. The van der Waals surface area contributed by atoms with Crippen LogP contribution in [-0.2, 0) is 6.61 Å². The van der Waals surface area contributed by atoms with Crippen molar-refractivity contribution >= 4 is 11.6 Å². The minimum atomic E-state index is 0.297. The van der Waals surface area contributed by atoms with E-state index in [1.807, 2.05) is 0 Å². The highest BCUT2D eigenvalue weighted by Gasteiger charge is 2.03. The van der Waals surface area contributed by atoms with E-state index in [1.54, 1.807) is 30.6 Å². The molecule has 0 spiro atoms. The Morgan fingerprint density at radius 2 is 2.29 bits per heavy atom. The zero-order valence-corrected chi connectivity index (χ0v) is 7.94. The molecule has 2 aromatic rings. The van der Waals surface area contributed by atoms with E-state index in [1.165, 1.54) is 0 Å². The van der Waals surface area contributed by atoms with Crippen molar-refractivity contribution in [2.24, 2.45) is 0 Å². The predicted octanol–water partition coefficient (Wildman–Crippen LogP) is 2.30. The molecule has 0 saturated carbocycles. The summed E-state index contributed by atoms with van der Waals surface area (Å²) in [7, 11) is 0. The maximum atomic E-state index is 5.78. The molecule has 0 aliphatic heterocycles. The van der Waals surface area contributed by atoms with Crippen LogP contribution in [0.1, 0.15) is 5.76 Å². The van der Waals surface area contributed by atoms with Crippen LogP contribution in [0.4, 0.5) is 0 Å². The molecule has 2 aromatic heterocycles. The lowest BCUT2D eigenvalue weighted by molar-refractivity contribution is 0.248. The molecule has 2 rings (SSSR count). The van der Waals surface area contributed by atoms with Gasteiger partial charge in [0.15, 0.2) is 16.7 Å². The Hall–Kier alpha value is -1.55. The quantitative estimate of drug-likeness (QED) is 0.730. The van der Waals surface area contributed by atoms with Gasteiger partial charge in [0.1, 0.15) is 6.61 Å². The van der Waals surface area contributed by atoms with Crippen molar-refractivity contribution < 1.29 is 9.26 Å². The second-order valence-electron chi connectivity index (χ2n) is 2.56. The normalized spacial score (nSPS) is 10.1. The summed E-state index contributed by atoms with van der Waals surface area (Å²) < 4.78 is 10.2. The summed E-state index contributed by atoms with van der Waals surface area (Å²) in [6, 6.07) is 5.22. The number of aromatic nitrogens is 2. The molecule has 2 heterocycles. The second kappa shape index (κ2) is 4.11. The monoisotopic (exact) mass is 210 g/mol. The summed E-state index contributed by atoms with van der Waals surface area (Å²) in [4.78, 5) is 3.87. The van der Waals surface area contributed by atoms with Gasteiger partial charge in [-0.05, 0) is 12.1 Å². The van der Waals surface area contributed by atoms with Gasteiger partial charge in [-0.2, -0.15) is 0 Å². The third kappa shape index (κ3) is 2.03. The van der Waals surface area contributed by atoms with Crippen LogP contribution in [-0.4, -0.2) is 10.1 Å². The molecule has 0 N–H and O–H groups in total. The van der Waals surface area contributed by atoms with Gasteiger partial charge in [-0.25, -0.2) is 4.98 Å². The number of rotatable bonds is 3. The molecule has 14 heavy (non-hydrogen) atoms. The molecule has 0 fully saturated rings. The van der Waals surface area contributed by atoms with E-state index in [-0.39, 0.29) is 0 Å². The summed E-state index contributed by atoms with van der Waals surface area (Å²) in [5, 5.41) is 3.89. The largest absolute Gasteiger partial charge is 0.482 e. The molecular weight excluding hydrogens is 204 g/mol. The molecule has 0 unspecified atom stereocenters. The molecule has 4 nitrogen and oxygen atoms in total. The van der Waals surface area contributed by atoms with Gasteiger partial charge in [-0.15, -0.1) is 0 Å². The lowest BCUT2D eigenvalue weighted by Gasteiger charge is -2.03. The van der Waals surface area contributed by atoms with E-state index in [0.29, 0.717) is 23.3 Å². The number of ether oxygens (including phenoxy) is 1. The van der Waals surface area contributed by atoms with E-state index in [4.69, 9.17) is 20.9 Å². The highest BCUT2D eigenvalue weighted by Crippen LogP contribution is 2.21. The Kier molecular flexibility index (Phi) is 2.65. The maximum absolute atomic E-state index is 5.78. The zero-order chi connectivity index (χ0) is 9.80. The van der Waals surface area contributed by atoms with E-state index in [0.717, 1.165) is 0 Å². The van der Waals surface area contributed by atoms with Gasteiger partial charge in [0, 0.05) is 12.3 Å². The van der Waals surface area contributed by atoms with Crippen LogP contribution in [0.5, 0.6) is 5.75 Å². The van der Waals surface area contributed by atoms with E-state index in [2.05, 4.69) is 10.1 Å². The fourth-order valence-corrected chi connectivity index (χ4v) is 1.12. The van der Waals surface area contributed by atoms with Crippen molar-refractivity contribution in [2.45, 2.75) is 6.61 Å². The molecule has 0 atom stereocenters. The summed E-state index contributed by atoms with van der Waals surface area (Å²) in [5.74, 6) is 1.18. The highest BCUT2D eigenvalue weighted by molar-refractivity contribution is 6.30. The third-order valence-corrected chi connectivity index (χ3v) is 1.87. The van der Waals surface area contributed by atoms with Gasteiger partial charge in [-0.1, -0.05) is 16.8 Å². The minimum absolute atomic E-state index is 0.297. The number of nitrogens with zero attached hydrogens (tertiary/aromatic N) is 2. The summed E-state index contributed by atoms with van der Waals surface area (Å²) in [6.07, 6.45) is 3.16. The highest BCUT2D eigenvalue weighted by atomic mass is 35.5. The van der Waals surface area contributed by atoms with Crippen LogP contribution in [0.3, 0.4) is 0 Å². The minimum Gasteiger partial charge on any atom is -0.482 e. The number of hydrogen-bond donors (Lipinski definition) is 0. The Morgan fingerprint density at radius 1 is 1.36 bits per heavy atom. The van der Waals surface area contributed by atoms with Gasteiger partial charge >= 0.3 is 0 Å². The van der Waals surface area contributed by atoms with E-state index in [9.17, 15) is 0 Å². The average Bonchev–Trinajstić information content (AvgIpc) is 2.69. The fraction of sp³-hybridized carbons (Fsp3) is 0.111. The van der Waals surface area contributed by atoms with Crippen molar-refractivity contribution in [1.82, 2.24) is 10.1 Å². The van der Waals surface area contributed by atoms with Crippen molar-refractivity contribution in [2.75, 3.05) is 0 Å². The molecule has 0 aromatic carbocycles. The van der Waals surface area contributed by atoms with Crippen molar-refractivity contribution in [1.29, 1.82) is 0 Å². The lowest BCUT2D eigenvalue weighted by atomic mass is 10.4. The number of hydrogen-bond acceptors (Lipinski definition) is 4. The molecule has 0 radical (unpaired) electrons. The maximum Gasteiger partial charge on any atom is 0.174 e. The van der Waals surface area contributed by atoms with Crippen LogP contribution in [0, 0.1) is 0 Å². The molecule has 0 aliphatic rings. The molecule has 5 heteroatoms. The zero-order valence-electron chi connectivity index (χ0n) is 7.18. The smallest absolute Gasteiger partial charge is 0.174 e. The first kappa shape index (κ1) is 9.02. The Labute approximate surface area is 85.5 Å². The summed E-state index contributed by atoms with van der Waals surface area (Å²) in [6.45, 7) is 0.297. The molecule has 0 amide bonds. The van der Waals surface area contributed by atoms with Crippen molar-refractivity contribution in [3.05, 3.63) is 41.5 Å². The molecule has 0 aliphatic carbocycles. The molecule has 72 valence electrons. The number of pyridine rings is 1. The van der Waals surface area contributed by atoms with E-state index >= 15 is 0 Å². The van der Waals surface area contributed by atoms with Crippen LogP contribution >= 0.6 is 11.6 Å². The first-order valence-corrected chi connectivity index (χ1v) is 4.37. The Bertz CT molecular complexity index is 403.